The fraction of sp³-hybridized carbons (Fsp3) is 0.452. The summed E-state index contributed by atoms with van der Waals surface area (Å²) < 4.78 is 26.9. The highest BCUT2D eigenvalue weighted by Crippen LogP contribution is 2.36. The van der Waals surface area contributed by atoms with Crippen LogP contribution in [-0.2, 0) is 14.6 Å². The van der Waals surface area contributed by atoms with Crippen LogP contribution in [0.5, 0.6) is 0 Å². The van der Waals surface area contributed by atoms with Crippen LogP contribution >= 0.6 is 0 Å². The van der Waals surface area contributed by atoms with Gasteiger partial charge in [-0.3, -0.25) is 4.79 Å². The van der Waals surface area contributed by atoms with Crippen LogP contribution < -0.4 is 5.32 Å². The van der Waals surface area contributed by atoms with E-state index in [1.54, 1.807) is 24.3 Å². The minimum absolute atomic E-state index is 0.0648. The molecule has 2 aliphatic rings. The number of carbonyl (C=O) groups is 1. The molecule has 202 valence electrons. The molecule has 4 atom stereocenters. The Morgan fingerprint density at radius 2 is 1.66 bits per heavy atom. The van der Waals surface area contributed by atoms with Crippen molar-refractivity contribution < 1.29 is 13.2 Å². The lowest BCUT2D eigenvalue weighted by molar-refractivity contribution is -0.132. The van der Waals surface area contributed by atoms with E-state index in [0.29, 0.717) is 29.9 Å². The average Bonchev–Trinajstić information content (AvgIpc) is 3.28. The molecule has 2 fully saturated rings. The molecule has 1 aliphatic carbocycles. The molecule has 3 aromatic rings. The highest BCUT2D eigenvalue weighted by molar-refractivity contribution is 7.91. The van der Waals surface area contributed by atoms with Crippen LogP contribution in [0.1, 0.15) is 39.5 Å². The third-order valence-corrected chi connectivity index (χ3v) is 10.5. The second-order valence-electron chi connectivity index (χ2n) is 11.2. The minimum Gasteiger partial charge on any atom is -0.373 e. The van der Waals surface area contributed by atoms with Crippen LogP contribution in [-0.4, -0.2) is 67.6 Å². The SMILES string of the molecule is CC(C)N(C)C1CCC(N2CCC(Nc3cccc4ccccc34)C2=O)C(CS(=O)(=O)c2ccccc2)C1. The lowest BCUT2D eigenvalue weighted by atomic mass is 9.81. The Bertz CT molecular complexity index is 1370. The van der Waals surface area contributed by atoms with Crippen molar-refractivity contribution in [2.75, 3.05) is 24.7 Å². The van der Waals surface area contributed by atoms with Gasteiger partial charge < -0.3 is 15.1 Å². The Hall–Kier alpha value is -2.90. The topological polar surface area (TPSA) is 69.7 Å². The lowest BCUT2D eigenvalue weighted by Gasteiger charge is -2.44. The number of amides is 1. The van der Waals surface area contributed by atoms with Crippen molar-refractivity contribution in [3.63, 3.8) is 0 Å². The predicted molar refractivity (Wildman–Crippen MR) is 154 cm³/mol. The Morgan fingerprint density at radius 1 is 0.947 bits per heavy atom. The zero-order chi connectivity index (χ0) is 26.9. The van der Waals surface area contributed by atoms with E-state index in [1.807, 2.05) is 35.2 Å². The van der Waals surface area contributed by atoms with Gasteiger partial charge in [-0.1, -0.05) is 54.6 Å². The van der Waals surface area contributed by atoms with Gasteiger partial charge in [0.15, 0.2) is 9.84 Å². The number of sulfone groups is 1. The van der Waals surface area contributed by atoms with Crippen LogP contribution in [0.4, 0.5) is 5.69 Å². The van der Waals surface area contributed by atoms with E-state index in [2.05, 4.69) is 49.3 Å². The van der Waals surface area contributed by atoms with Gasteiger partial charge in [0.2, 0.25) is 5.91 Å². The highest BCUT2D eigenvalue weighted by atomic mass is 32.2. The Kier molecular flexibility index (Phi) is 7.78. The molecule has 38 heavy (non-hydrogen) atoms. The van der Waals surface area contributed by atoms with E-state index >= 15 is 0 Å². The number of nitrogens with one attached hydrogen (secondary N) is 1. The monoisotopic (exact) mass is 533 g/mol. The third kappa shape index (κ3) is 5.45. The maximum Gasteiger partial charge on any atom is 0.245 e. The molecule has 4 unspecified atom stereocenters. The number of carbonyl (C=O) groups excluding carboxylic acids is 1. The smallest absolute Gasteiger partial charge is 0.245 e. The van der Waals surface area contributed by atoms with Gasteiger partial charge >= 0.3 is 0 Å². The minimum atomic E-state index is -3.47. The Morgan fingerprint density at radius 3 is 2.42 bits per heavy atom. The molecule has 1 N–H and O–H groups in total. The van der Waals surface area contributed by atoms with Crippen LogP contribution in [0.25, 0.3) is 10.8 Å². The molecule has 0 radical (unpaired) electrons. The normalized spacial score (nSPS) is 24.4. The molecule has 1 amide bonds. The fourth-order valence-corrected chi connectivity index (χ4v) is 8.00. The standard InChI is InChI=1S/C31H39N3O3S/c1-22(2)33(3)25-16-17-30(24(20-25)21-38(36,37)26-12-5-4-6-13-26)34-19-18-29(31(34)35)32-28-15-9-11-23-10-7-8-14-27(23)28/h4-15,22,24-25,29-30,32H,16-21H2,1-3H3. The zero-order valence-electron chi connectivity index (χ0n) is 22.6. The number of hydrogen-bond acceptors (Lipinski definition) is 5. The quantitative estimate of drug-likeness (QED) is 0.431. The fourth-order valence-electron chi connectivity index (χ4n) is 6.31. The van der Waals surface area contributed by atoms with Crippen molar-refractivity contribution in [1.82, 2.24) is 9.80 Å². The van der Waals surface area contributed by atoms with Gasteiger partial charge in [0.25, 0.3) is 0 Å². The van der Waals surface area contributed by atoms with Crippen molar-refractivity contribution in [2.24, 2.45) is 5.92 Å². The van der Waals surface area contributed by atoms with E-state index in [9.17, 15) is 13.2 Å². The molecule has 5 rings (SSSR count). The second kappa shape index (κ2) is 11.1. The Labute approximate surface area is 226 Å². The maximum atomic E-state index is 13.8. The van der Waals surface area contributed by atoms with Gasteiger partial charge in [-0.2, -0.15) is 0 Å². The van der Waals surface area contributed by atoms with Crippen LogP contribution in [0.3, 0.4) is 0 Å². The largest absolute Gasteiger partial charge is 0.373 e. The van der Waals surface area contributed by atoms with Gasteiger partial charge in [-0.15, -0.1) is 0 Å². The molecular formula is C31H39N3O3S. The molecule has 0 bridgehead atoms. The van der Waals surface area contributed by atoms with Gasteiger partial charge in [-0.25, -0.2) is 8.42 Å². The maximum absolute atomic E-state index is 13.8. The second-order valence-corrected chi connectivity index (χ2v) is 13.2. The summed E-state index contributed by atoms with van der Waals surface area (Å²) in [5.74, 6) is 0.0381. The van der Waals surface area contributed by atoms with Crippen molar-refractivity contribution in [3.05, 3.63) is 72.8 Å². The summed E-state index contributed by atoms with van der Waals surface area (Å²) in [5.41, 5.74) is 0.966. The Balaban J connectivity index is 1.37. The number of benzene rings is 3. The summed E-state index contributed by atoms with van der Waals surface area (Å²) in [6, 6.07) is 23.4. The van der Waals surface area contributed by atoms with Crippen LogP contribution in [0, 0.1) is 5.92 Å². The van der Waals surface area contributed by atoms with Crippen molar-refractivity contribution in [3.8, 4) is 0 Å². The molecule has 0 spiro atoms. The van der Waals surface area contributed by atoms with Crippen LogP contribution in [0.2, 0.25) is 0 Å². The first-order chi connectivity index (χ1) is 18.2. The number of fused-ring (bicyclic) bond motifs is 1. The molecule has 3 aromatic carbocycles. The summed E-state index contributed by atoms with van der Waals surface area (Å²) in [5, 5.41) is 5.76. The van der Waals surface area contributed by atoms with E-state index < -0.39 is 9.84 Å². The first kappa shape index (κ1) is 26.7. The van der Waals surface area contributed by atoms with E-state index in [0.717, 1.165) is 35.7 Å². The summed E-state index contributed by atoms with van der Waals surface area (Å²) in [6.45, 7) is 5.00. The number of nitrogens with zero attached hydrogens (tertiary/aromatic N) is 2. The summed E-state index contributed by atoms with van der Waals surface area (Å²) >= 11 is 0. The molecule has 6 nitrogen and oxygen atoms in total. The first-order valence-electron chi connectivity index (χ1n) is 13.8. The van der Waals surface area contributed by atoms with Gasteiger partial charge in [0.1, 0.15) is 6.04 Å². The first-order valence-corrected chi connectivity index (χ1v) is 15.4. The van der Waals surface area contributed by atoms with E-state index in [1.165, 1.54) is 0 Å². The summed E-state index contributed by atoms with van der Waals surface area (Å²) in [7, 11) is -1.34. The van der Waals surface area contributed by atoms with Crippen molar-refractivity contribution in [1.29, 1.82) is 0 Å². The third-order valence-electron chi connectivity index (χ3n) is 8.60. The van der Waals surface area contributed by atoms with Crippen molar-refractivity contribution >= 4 is 32.2 Å². The van der Waals surface area contributed by atoms with E-state index in [-0.39, 0.29) is 29.7 Å². The highest BCUT2D eigenvalue weighted by Gasteiger charge is 2.44. The number of anilines is 1. The summed E-state index contributed by atoms with van der Waals surface area (Å²) in [6.07, 6.45) is 3.28. The predicted octanol–water partition coefficient (Wildman–Crippen LogP) is 5.20. The van der Waals surface area contributed by atoms with Gasteiger partial charge in [-0.05, 0) is 76.1 Å². The zero-order valence-corrected chi connectivity index (χ0v) is 23.4. The molecule has 7 heteroatoms. The number of hydrogen-bond donors (Lipinski definition) is 1. The summed E-state index contributed by atoms with van der Waals surface area (Å²) in [4.78, 5) is 18.5. The average molecular weight is 534 g/mol. The molecule has 1 heterocycles. The molecule has 0 aromatic heterocycles. The number of rotatable bonds is 8. The molecule has 1 saturated carbocycles. The molecular weight excluding hydrogens is 494 g/mol. The number of likely N-dealkylation sites (tertiary alicyclic amines) is 1. The van der Waals surface area contributed by atoms with Crippen molar-refractivity contribution in [2.45, 2.75) is 68.6 Å². The van der Waals surface area contributed by atoms with E-state index in [4.69, 9.17) is 0 Å². The lowest BCUT2D eigenvalue weighted by Crippen LogP contribution is -2.52. The van der Waals surface area contributed by atoms with Gasteiger partial charge in [0, 0.05) is 35.7 Å². The molecule has 1 aliphatic heterocycles. The van der Waals surface area contributed by atoms with Gasteiger partial charge in [0.05, 0.1) is 10.6 Å². The molecule has 1 saturated heterocycles. The van der Waals surface area contributed by atoms with Crippen LogP contribution in [0.15, 0.2) is 77.7 Å².